The summed E-state index contributed by atoms with van der Waals surface area (Å²) in [6.45, 7) is 0.752. The van der Waals surface area contributed by atoms with Gasteiger partial charge in [0.2, 0.25) is 0 Å². The number of fused-ring (bicyclic) bond motifs is 1. The first kappa shape index (κ1) is 12.5. The first-order valence-corrected chi connectivity index (χ1v) is 6.83. The zero-order valence-electron chi connectivity index (χ0n) is 11.2. The molecule has 1 aliphatic rings. The van der Waals surface area contributed by atoms with Crippen LogP contribution in [0.25, 0.3) is 11.0 Å². The average Bonchev–Trinajstić information content (AvgIpc) is 2.92. The second-order valence-corrected chi connectivity index (χ2v) is 5.04. The molecule has 1 aromatic carbocycles. The quantitative estimate of drug-likeness (QED) is 0.913. The largest absolute Gasteiger partial charge is 0.380 e. The zero-order valence-corrected chi connectivity index (χ0v) is 11.2. The molecule has 1 aliphatic carbocycles. The lowest BCUT2D eigenvalue weighted by Crippen LogP contribution is -2.36. The van der Waals surface area contributed by atoms with Crippen LogP contribution in [0.3, 0.4) is 0 Å². The molecule has 3 rings (SSSR count). The van der Waals surface area contributed by atoms with Gasteiger partial charge in [0.05, 0.1) is 29.0 Å². The third-order valence-corrected chi connectivity index (χ3v) is 3.80. The Kier molecular flexibility index (Phi) is 3.71. The smallest absolute Gasteiger partial charge is 0.0890 e. The van der Waals surface area contributed by atoms with Crippen LogP contribution in [0.1, 0.15) is 25.0 Å². The predicted molar refractivity (Wildman–Crippen MR) is 74.8 cm³/mol. The molecule has 19 heavy (non-hydrogen) atoms. The number of para-hydroxylation sites is 2. The van der Waals surface area contributed by atoms with Crippen molar-refractivity contribution in [1.82, 2.24) is 15.3 Å². The summed E-state index contributed by atoms with van der Waals surface area (Å²) in [6.07, 6.45) is 5.76. The maximum atomic E-state index is 5.48. The number of methoxy groups -OCH3 is 1. The van der Waals surface area contributed by atoms with Crippen LogP contribution in [0.5, 0.6) is 0 Å². The van der Waals surface area contributed by atoms with Crippen molar-refractivity contribution in [1.29, 1.82) is 0 Å². The van der Waals surface area contributed by atoms with Crippen LogP contribution in [0.2, 0.25) is 0 Å². The lowest BCUT2D eigenvalue weighted by Gasteiger charge is -2.19. The number of hydrogen-bond donors (Lipinski definition) is 1. The Balaban J connectivity index is 1.68. The summed E-state index contributed by atoms with van der Waals surface area (Å²) in [6, 6.07) is 8.40. The van der Waals surface area contributed by atoms with Crippen molar-refractivity contribution in [2.45, 2.75) is 38.0 Å². The Morgan fingerprint density at radius 3 is 2.95 bits per heavy atom. The van der Waals surface area contributed by atoms with Gasteiger partial charge in [-0.25, -0.2) is 4.98 Å². The van der Waals surface area contributed by atoms with Gasteiger partial charge in [0, 0.05) is 19.7 Å². The van der Waals surface area contributed by atoms with Crippen molar-refractivity contribution in [3.05, 3.63) is 36.2 Å². The molecule has 0 amide bonds. The van der Waals surface area contributed by atoms with Gasteiger partial charge in [-0.05, 0) is 31.4 Å². The zero-order chi connectivity index (χ0) is 13.1. The molecule has 1 fully saturated rings. The molecule has 1 N–H and O–H groups in total. The minimum Gasteiger partial charge on any atom is -0.380 e. The van der Waals surface area contributed by atoms with E-state index in [1.807, 2.05) is 30.5 Å². The lowest BCUT2D eigenvalue weighted by molar-refractivity contribution is 0.0846. The number of hydrogen-bond acceptors (Lipinski definition) is 4. The van der Waals surface area contributed by atoms with Gasteiger partial charge in [0.1, 0.15) is 0 Å². The van der Waals surface area contributed by atoms with E-state index >= 15 is 0 Å². The molecule has 2 aromatic rings. The van der Waals surface area contributed by atoms with E-state index in [9.17, 15) is 0 Å². The van der Waals surface area contributed by atoms with Gasteiger partial charge in [-0.3, -0.25) is 4.98 Å². The number of nitrogens with one attached hydrogen (secondary N) is 1. The highest BCUT2D eigenvalue weighted by molar-refractivity contribution is 5.73. The highest BCUT2D eigenvalue weighted by Crippen LogP contribution is 2.21. The Bertz CT molecular complexity index is 558. The fourth-order valence-electron chi connectivity index (χ4n) is 2.76. The van der Waals surface area contributed by atoms with Gasteiger partial charge < -0.3 is 10.1 Å². The minimum atomic E-state index is 0.341. The van der Waals surface area contributed by atoms with Crippen LogP contribution in [0.15, 0.2) is 30.5 Å². The maximum Gasteiger partial charge on any atom is 0.0890 e. The Morgan fingerprint density at radius 2 is 2.11 bits per heavy atom. The van der Waals surface area contributed by atoms with Gasteiger partial charge in [0.25, 0.3) is 0 Å². The molecule has 0 spiro atoms. The van der Waals surface area contributed by atoms with Crippen LogP contribution < -0.4 is 5.32 Å². The van der Waals surface area contributed by atoms with Crippen molar-refractivity contribution >= 4 is 11.0 Å². The molecule has 2 atom stereocenters. The van der Waals surface area contributed by atoms with Crippen molar-refractivity contribution in [3.63, 3.8) is 0 Å². The predicted octanol–water partition coefficient (Wildman–Crippen LogP) is 2.29. The molecule has 0 saturated heterocycles. The van der Waals surface area contributed by atoms with Crippen molar-refractivity contribution < 1.29 is 4.74 Å². The van der Waals surface area contributed by atoms with E-state index in [0.29, 0.717) is 12.1 Å². The Labute approximate surface area is 113 Å². The monoisotopic (exact) mass is 257 g/mol. The maximum absolute atomic E-state index is 5.48. The molecule has 100 valence electrons. The number of nitrogens with zero attached hydrogens (tertiary/aromatic N) is 2. The van der Waals surface area contributed by atoms with Crippen LogP contribution >= 0.6 is 0 Å². The van der Waals surface area contributed by atoms with Crippen LogP contribution in [-0.2, 0) is 11.3 Å². The topological polar surface area (TPSA) is 47.0 Å². The summed E-state index contributed by atoms with van der Waals surface area (Å²) in [5, 5.41) is 3.54. The fraction of sp³-hybridized carbons (Fsp3) is 0.467. The van der Waals surface area contributed by atoms with E-state index in [1.54, 1.807) is 7.11 Å². The van der Waals surface area contributed by atoms with Gasteiger partial charge in [0.15, 0.2) is 0 Å². The van der Waals surface area contributed by atoms with E-state index in [4.69, 9.17) is 4.74 Å². The molecule has 1 heterocycles. The summed E-state index contributed by atoms with van der Waals surface area (Å²) in [4.78, 5) is 9.05. The standard InChI is InChI=1S/C15H19N3O/c1-19-15-8-4-7-14(15)17-10-11-9-16-12-5-2-3-6-13(12)18-11/h2-3,5-6,9,14-15,17H,4,7-8,10H2,1H3. The summed E-state index contributed by atoms with van der Waals surface area (Å²) in [7, 11) is 1.79. The van der Waals surface area contributed by atoms with Crippen LogP contribution in [0.4, 0.5) is 0 Å². The van der Waals surface area contributed by atoms with Gasteiger partial charge >= 0.3 is 0 Å². The molecular weight excluding hydrogens is 238 g/mol. The molecule has 0 aliphatic heterocycles. The van der Waals surface area contributed by atoms with Crippen LogP contribution in [-0.4, -0.2) is 29.2 Å². The molecule has 4 heteroatoms. The SMILES string of the molecule is COC1CCCC1NCc1cnc2ccccc2n1. The van der Waals surface area contributed by atoms with E-state index in [2.05, 4.69) is 15.3 Å². The molecule has 0 bridgehead atoms. The second kappa shape index (κ2) is 5.63. The second-order valence-electron chi connectivity index (χ2n) is 5.04. The summed E-state index contributed by atoms with van der Waals surface area (Å²) < 4.78 is 5.48. The third-order valence-electron chi connectivity index (χ3n) is 3.80. The highest BCUT2D eigenvalue weighted by Gasteiger charge is 2.26. The first-order chi connectivity index (χ1) is 9.36. The number of benzene rings is 1. The Hall–Kier alpha value is -1.52. The van der Waals surface area contributed by atoms with E-state index < -0.39 is 0 Å². The van der Waals surface area contributed by atoms with Crippen molar-refractivity contribution in [3.8, 4) is 0 Å². The number of aromatic nitrogens is 2. The van der Waals surface area contributed by atoms with Gasteiger partial charge in [-0.1, -0.05) is 12.1 Å². The summed E-state index contributed by atoms with van der Waals surface area (Å²) >= 11 is 0. The highest BCUT2D eigenvalue weighted by atomic mass is 16.5. The molecule has 4 nitrogen and oxygen atoms in total. The normalized spacial score (nSPS) is 23.0. The Morgan fingerprint density at radius 1 is 1.26 bits per heavy atom. The van der Waals surface area contributed by atoms with Crippen molar-refractivity contribution in [2.75, 3.05) is 7.11 Å². The average molecular weight is 257 g/mol. The van der Waals surface area contributed by atoms with Gasteiger partial charge in [-0.15, -0.1) is 0 Å². The molecule has 1 aromatic heterocycles. The van der Waals surface area contributed by atoms with E-state index in [0.717, 1.165) is 29.7 Å². The minimum absolute atomic E-state index is 0.341. The van der Waals surface area contributed by atoms with Crippen LogP contribution in [0, 0.1) is 0 Å². The van der Waals surface area contributed by atoms with Crippen molar-refractivity contribution in [2.24, 2.45) is 0 Å². The van der Waals surface area contributed by atoms with Gasteiger partial charge in [-0.2, -0.15) is 0 Å². The lowest BCUT2D eigenvalue weighted by atomic mass is 10.2. The molecule has 0 radical (unpaired) electrons. The summed E-state index contributed by atoms with van der Waals surface area (Å²) in [5.41, 5.74) is 2.89. The molecular formula is C15H19N3O. The first-order valence-electron chi connectivity index (χ1n) is 6.83. The third kappa shape index (κ3) is 2.74. The molecule has 1 saturated carbocycles. The number of rotatable bonds is 4. The summed E-state index contributed by atoms with van der Waals surface area (Å²) in [5.74, 6) is 0. The fourth-order valence-corrected chi connectivity index (χ4v) is 2.76. The molecule has 2 unspecified atom stereocenters. The van der Waals surface area contributed by atoms with E-state index in [1.165, 1.54) is 12.8 Å². The van der Waals surface area contributed by atoms with E-state index in [-0.39, 0.29) is 0 Å². The number of ether oxygens (including phenoxy) is 1.